The molecule has 9 heteroatoms. The largest absolute Gasteiger partial charge is 0.539 e. The van der Waals surface area contributed by atoms with Crippen LogP contribution < -0.4 is 8.57 Å². The van der Waals surface area contributed by atoms with Gasteiger partial charge < -0.3 is 0 Å². The van der Waals surface area contributed by atoms with Gasteiger partial charge in [0.1, 0.15) is 12.7 Å². The number of rotatable bonds is 4. The summed E-state index contributed by atoms with van der Waals surface area (Å²) in [5.74, 6) is 0. The number of hydrogen-bond acceptors (Lipinski definition) is 6. The summed E-state index contributed by atoms with van der Waals surface area (Å²) in [6.07, 6.45) is 7.72. The predicted octanol–water partition coefficient (Wildman–Crippen LogP) is -1.12. The van der Waals surface area contributed by atoms with Crippen LogP contribution in [0.2, 0.25) is 0 Å². The molecule has 0 radical (unpaired) electrons. The zero-order valence-electron chi connectivity index (χ0n) is 7.29. The summed E-state index contributed by atoms with van der Waals surface area (Å²) >= 11 is 0. The van der Waals surface area contributed by atoms with Crippen molar-refractivity contribution in [1.82, 2.24) is 19.4 Å². The smallest absolute Gasteiger partial charge is 0.255 e. The first-order valence-electron chi connectivity index (χ1n) is 3.76. The number of imidazole rings is 2. The van der Waals surface area contributed by atoms with Crippen LogP contribution in [0.3, 0.4) is 0 Å². The van der Waals surface area contributed by atoms with Crippen LogP contribution in [-0.4, -0.2) is 27.8 Å². The molecule has 2 aromatic rings. The third kappa shape index (κ3) is 2.47. The molecule has 0 unspecified atom stereocenters. The van der Waals surface area contributed by atoms with Crippen LogP contribution >= 0.6 is 0 Å². The number of nitrogens with zero attached hydrogens (tertiary/aromatic N) is 4. The molecule has 0 N–H and O–H groups in total. The lowest BCUT2D eigenvalue weighted by molar-refractivity contribution is 0.183. The van der Waals surface area contributed by atoms with Crippen LogP contribution in [0.25, 0.3) is 0 Å². The highest BCUT2D eigenvalue weighted by molar-refractivity contribution is 7.82. The summed E-state index contributed by atoms with van der Waals surface area (Å²) in [4.78, 5) is 7.20. The Morgan fingerprint density at radius 2 is 1.40 bits per heavy atom. The molecular weight excluding hydrogens is 224 g/mol. The Hall–Kier alpha value is -2.03. The van der Waals surface area contributed by atoms with Crippen molar-refractivity contribution in [2.75, 3.05) is 0 Å². The Bertz CT molecular complexity index is 461. The van der Waals surface area contributed by atoms with Gasteiger partial charge in [0.25, 0.3) is 0 Å². The van der Waals surface area contributed by atoms with E-state index in [9.17, 15) is 8.42 Å². The molecule has 0 spiro atoms. The van der Waals surface area contributed by atoms with Crippen LogP contribution in [0, 0.1) is 0 Å². The maximum Gasteiger partial charge on any atom is 0.539 e. The van der Waals surface area contributed by atoms with E-state index in [1.807, 2.05) is 0 Å². The molecule has 2 heterocycles. The van der Waals surface area contributed by atoms with Crippen LogP contribution in [0.5, 0.6) is 0 Å². The van der Waals surface area contributed by atoms with Gasteiger partial charge in [0.05, 0.1) is 12.4 Å². The fourth-order valence-corrected chi connectivity index (χ4v) is 1.43. The Morgan fingerprint density at radius 1 is 0.933 bits per heavy atom. The maximum absolute atomic E-state index is 11.2. The molecule has 0 atom stereocenters. The van der Waals surface area contributed by atoms with E-state index in [0.717, 1.165) is 9.46 Å². The highest BCUT2D eigenvalue weighted by atomic mass is 32.3. The zero-order chi connectivity index (χ0) is 10.7. The quantitative estimate of drug-likeness (QED) is 0.661. The molecule has 0 aromatic carbocycles. The summed E-state index contributed by atoms with van der Waals surface area (Å²) in [6.45, 7) is 0. The van der Waals surface area contributed by atoms with E-state index < -0.39 is 10.4 Å². The summed E-state index contributed by atoms with van der Waals surface area (Å²) in [6, 6.07) is 0. The minimum atomic E-state index is -4.18. The van der Waals surface area contributed by atoms with E-state index in [2.05, 4.69) is 18.5 Å². The lowest BCUT2D eigenvalue weighted by Gasteiger charge is -2.05. The highest BCUT2D eigenvalue weighted by Gasteiger charge is 2.15. The van der Waals surface area contributed by atoms with Gasteiger partial charge in [-0.25, -0.2) is 9.97 Å². The van der Waals surface area contributed by atoms with Gasteiger partial charge >= 0.3 is 10.4 Å². The van der Waals surface area contributed by atoms with E-state index in [0.29, 0.717) is 0 Å². The van der Waals surface area contributed by atoms with Crippen molar-refractivity contribution in [3.63, 3.8) is 0 Å². The van der Waals surface area contributed by atoms with Gasteiger partial charge in [-0.15, -0.1) is 8.42 Å². The van der Waals surface area contributed by atoms with Gasteiger partial charge in [-0.1, -0.05) is 0 Å². The summed E-state index contributed by atoms with van der Waals surface area (Å²) in [7, 11) is -4.18. The van der Waals surface area contributed by atoms with Crippen molar-refractivity contribution >= 4 is 10.4 Å². The Morgan fingerprint density at radius 3 is 1.73 bits per heavy atom. The van der Waals surface area contributed by atoms with Crippen molar-refractivity contribution in [3.8, 4) is 0 Å². The SMILES string of the molecule is O=S(=O)(On1ccnc1)On1ccnc1. The first kappa shape index (κ1) is 9.52. The summed E-state index contributed by atoms with van der Waals surface area (Å²) in [5.41, 5.74) is 0. The minimum Gasteiger partial charge on any atom is -0.255 e. The Kier molecular flexibility index (Phi) is 2.29. The third-order valence-electron chi connectivity index (χ3n) is 1.31. The van der Waals surface area contributed by atoms with Crippen LogP contribution in [0.15, 0.2) is 37.4 Å². The topological polar surface area (TPSA) is 88.2 Å². The standard InChI is InChI=1S/C6H6N4O4S/c11-15(12,13-9-3-1-7-5-9)14-10-4-2-8-6-10/h1-6H. The molecule has 0 saturated carbocycles. The lowest BCUT2D eigenvalue weighted by atomic mass is 11.0. The molecule has 2 rings (SSSR count). The average molecular weight is 230 g/mol. The van der Waals surface area contributed by atoms with E-state index in [1.165, 1.54) is 37.4 Å². The summed E-state index contributed by atoms with van der Waals surface area (Å²) < 4.78 is 33.2. The van der Waals surface area contributed by atoms with Crippen LogP contribution in [0.1, 0.15) is 0 Å². The molecule has 15 heavy (non-hydrogen) atoms. The third-order valence-corrected chi connectivity index (χ3v) is 2.02. The number of hydrogen-bond donors (Lipinski definition) is 0. The first-order chi connectivity index (χ1) is 7.16. The van der Waals surface area contributed by atoms with Gasteiger partial charge in [-0.3, -0.25) is 8.57 Å². The van der Waals surface area contributed by atoms with Gasteiger partial charge in [0, 0.05) is 12.4 Å². The summed E-state index contributed by atoms with van der Waals surface area (Å²) in [5, 5.41) is 0. The molecule has 2 aromatic heterocycles. The van der Waals surface area contributed by atoms with E-state index in [-0.39, 0.29) is 0 Å². The maximum atomic E-state index is 11.2. The van der Waals surface area contributed by atoms with Gasteiger partial charge in [0.15, 0.2) is 0 Å². The zero-order valence-corrected chi connectivity index (χ0v) is 8.11. The number of aromatic nitrogens is 4. The monoisotopic (exact) mass is 230 g/mol. The second kappa shape index (κ2) is 3.61. The Balaban J connectivity index is 2.08. The molecule has 80 valence electrons. The van der Waals surface area contributed by atoms with E-state index in [4.69, 9.17) is 0 Å². The fraction of sp³-hybridized carbons (Fsp3) is 0. The van der Waals surface area contributed by atoms with Gasteiger partial charge in [-0.2, -0.15) is 9.46 Å². The van der Waals surface area contributed by atoms with E-state index in [1.54, 1.807) is 0 Å². The molecule has 0 saturated heterocycles. The normalized spacial score (nSPS) is 11.2. The molecule has 0 bridgehead atoms. The first-order valence-corrected chi connectivity index (χ1v) is 5.10. The predicted molar refractivity (Wildman–Crippen MR) is 46.5 cm³/mol. The highest BCUT2D eigenvalue weighted by Crippen LogP contribution is 1.91. The molecule has 0 aliphatic rings. The van der Waals surface area contributed by atoms with Crippen LogP contribution in [-0.2, 0) is 10.4 Å². The molecule has 0 fully saturated rings. The molecule has 0 aliphatic heterocycles. The van der Waals surface area contributed by atoms with Gasteiger partial charge in [0.2, 0.25) is 0 Å². The fourth-order valence-electron chi connectivity index (χ4n) is 0.806. The van der Waals surface area contributed by atoms with Crippen molar-refractivity contribution in [2.45, 2.75) is 0 Å². The second-order valence-corrected chi connectivity index (χ2v) is 3.52. The van der Waals surface area contributed by atoms with Gasteiger partial charge in [-0.05, 0) is 0 Å². The van der Waals surface area contributed by atoms with Crippen molar-refractivity contribution in [3.05, 3.63) is 37.4 Å². The molecule has 0 amide bonds. The minimum absolute atomic E-state index is 0.895. The molecular formula is C6H6N4O4S. The van der Waals surface area contributed by atoms with Crippen LogP contribution in [0.4, 0.5) is 0 Å². The second-order valence-electron chi connectivity index (χ2n) is 2.40. The molecule has 0 aliphatic carbocycles. The molecule has 8 nitrogen and oxygen atoms in total. The lowest BCUT2D eigenvalue weighted by Crippen LogP contribution is -2.28. The van der Waals surface area contributed by atoms with Crippen molar-refractivity contribution in [2.24, 2.45) is 0 Å². The van der Waals surface area contributed by atoms with Crippen molar-refractivity contribution in [1.29, 1.82) is 0 Å². The van der Waals surface area contributed by atoms with E-state index >= 15 is 0 Å². The average Bonchev–Trinajstić information content (AvgIpc) is 2.75. The van der Waals surface area contributed by atoms with Crippen molar-refractivity contribution < 1.29 is 17.0 Å². The Labute approximate surface area is 84.9 Å².